The second-order valence-corrected chi connectivity index (χ2v) is 16.0. The average molecular weight is 579 g/mol. The van der Waals surface area contributed by atoms with Gasteiger partial charge in [0.2, 0.25) is 7.29 Å². The Morgan fingerprint density at radius 1 is 0.780 bits per heavy atom. The Hall–Kier alpha value is -3.26. The van der Waals surface area contributed by atoms with Crippen LogP contribution in [-0.4, -0.2) is 17.8 Å². The maximum Gasteiger partial charge on any atom is 0.204 e. The van der Waals surface area contributed by atoms with Crippen molar-refractivity contribution in [2.45, 2.75) is 25.0 Å². The molecule has 1 aliphatic carbocycles. The standard InChI is InChI=1S/C35H36N2O2P2/c38-40(28-29-16-5-1-6-17-29)34-25-14-13-24-33(34)35(30-18-7-2-8-19-30)37(40)27-15-26-36-41(39,31-20-9-3-10-21-31)32-22-11-4-12-23-32/h1-13,16-25,33,35H,14-15,26-28H2,(H,36,39)/t33?,35-,40-/m1/s1. The number of allylic oxidation sites excluding steroid dienone is 2. The van der Waals surface area contributed by atoms with Crippen LogP contribution < -0.4 is 15.7 Å². The van der Waals surface area contributed by atoms with Gasteiger partial charge in [-0.2, -0.15) is 0 Å². The topological polar surface area (TPSA) is 49.4 Å². The van der Waals surface area contributed by atoms with Crippen molar-refractivity contribution in [3.63, 3.8) is 0 Å². The number of nitrogens with zero attached hydrogens (tertiary/aromatic N) is 1. The smallest absolute Gasteiger partial charge is 0.204 e. The molecule has 0 bridgehead atoms. The van der Waals surface area contributed by atoms with Crippen molar-refractivity contribution in [2.24, 2.45) is 5.92 Å². The van der Waals surface area contributed by atoms with E-state index in [-0.39, 0.29) is 12.0 Å². The second-order valence-electron chi connectivity index (χ2n) is 10.7. The van der Waals surface area contributed by atoms with Crippen LogP contribution in [0.25, 0.3) is 0 Å². The van der Waals surface area contributed by atoms with Crippen LogP contribution in [0.3, 0.4) is 0 Å². The highest BCUT2D eigenvalue weighted by atomic mass is 31.2. The van der Waals surface area contributed by atoms with Gasteiger partial charge in [0.05, 0.1) is 6.04 Å². The molecule has 0 spiro atoms. The van der Waals surface area contributed by atoms with E-state index >= 15 is 4.57 Å². The molecule has 6 heteroatoms. The molecule has 1 unspecified atom stereocenters. The normalized spacial score (nSPS) is 22.3. The fourth-order valence-electron chi connectivity index (χ4n) is 6.25. The van der Waals surface area contributed by atoms with E-state index in [1.165, 1.54) is 5.56 Å². The summed E-state index contributed by atoms with van der Waals surface area (Å²) in [7, 11) is -5.94. The molecule has 4 aromatic rings. The third kappa shape index (κ3) is 5.63. The zero-order valence-electron chi connectivity index (χ0n) is 23.1. The maximum atomic E-state index is 15.2. The minimum absolute atomic E-state index is 0.00333. The van der Waals surface area contributed by atoms with Gasteiger partial charge in [0.15, 0.2) is 7.29 Å². The first kappa shape index (κ1) is 27.9. The molecule has 3 atom stereocenters. The minimum atomic E-state index is -3.03. The van der Waals surface area contributed by atoms with E-state index in [1.54, 1.807) is 0 Å². The van der Waals surface area contributed by atoms with Crippen LogP contribution in [0.2, 0.25) is 0 Å². The SMILES string of the molecule is O=P(NCCCN1[C@H](c2ccccc2)C2C=CCC=C2[P@]1(=O)Cc1ccccc1)(c1ccccc1)c1ccccc1. The second kappa shape index (κ2) is 12.3. The zero-order valence-corrected chi connectivity index (χ0v) is 24.9. The zero-order chi connectivity index (χ0) is 28.1. The van der Waals surface area contributed by atoms with Crippen molar-refractivity contribution in [1.82, 2.24) is 9.76 Å². The van der Waals surface area contributed by atoms with Crippen molar-refractivity contribution in [1.29, 1.82) is 0 Å². The van der Waals surface area contributed by atoms with Gasteiger partial charge in [-0.1, -0.05) is 115 Å². The lowest BCUT2D eigenvalue weighted by Gasteiger charge is -2.31. The molecular weight excluding hydrogens is 542 g/mol. The van der Waals surface area contributed by atoms with Crippen LogP contribution in [-0.2, 0) is 15.3 Å². The van der Waals surface area contributed by atoms with E-state index in [9.17, 15) is 4.57 Å². The Morgan fingerprint density at radius 2 is 1.34 bits per heavy atom. The predicted octanol–water partition coefficient (Wildman–Crippen LogP) is 7.89. The van der Waals surface area contributed by atoms with Gasteiger partial charge in [0.1, 0.15) is 0 Å². The maximum absolute atomic E-state index is 15.2. The Bertz CT molecular complexity index is 1560. The number of rotatable bonds is 10. The summed E-state index contributed by atoms with van der Waals surface area (Å²) < 4.78 is 32.0. The third-order valence-corrected chi connectivity index (χ3v) is 14.2. The third-order valence-electron chi connectivity index (χ3n) is 8.15. The van der Waals surface area contributed by atoms with Crippen molar-refractivity contribution < 1.29 is 9.13 Å². The highest BCUT2D eigenvalue weighted by Crippen LogP contribution is 2.73. The van der Waals surface area contributed by atoms with Crippen molar-refractivity contribution in [3.05, 3.63) is 156 Å². The fourth-order valence-corrected chi connectivity index (χ4v) is 12.2. The van der Waals surface area contributed by atoms with Crippen LogP contribution in [0.4, 0.5) is 0 Å². The molecule has 4 aromatic carbocycles. The van der Waals surface area contributed by atoms with Crippen molar-refractivity contribution in [2.75, 3.05) is 13.1 Å². The Labute approximate surface area is 243 Å². The quantitative estimate of drug-likeness (QED) is 0.118. The molecule has 4 nitrogen and oxygen atoms in total. The molecule has 6 rings (SSSR count). The lowest BCUT2D eigenvalue weighted by Crippen LogP contribution is -2.31. The molecule has 0 amide bonds. The van der Waals surface area contributed by atoms with Crippen LogP contribution in [0.15, 0.2) is 145 Å². The lowest BCUT2D eigenvalue weighted by molar-refractivity contribution is 0.314. The number of fused-ring (bicyclic) bond motifs is 1. The summed E-state index contributed by atoms with van der Waals surface area (Å²) in [5.41, 5.74) is 2.28. The van der Waals surface area contributed by atoms with Gasteiger partial charge in [-0.05, 0) is 48.2 Å². The van der Waals surface area contributed by atoms with Crippen LogP contribution in [0.1, 0.15) is 30.0 Å². The highest BCUT2D eigenvalue weighted by molar-refractivity contribution is 7.76. The Morgan fingerprint density at radius 3 is 1.95 bits per heavy atom. The fraction of sp³-hybridized carbons (Fsp3) is 0.200. The molecule has 0 radical (unpaired) electrons. The summed E-state index contributed by atoms with van der Waals surface area (Å²) >= 11 is 0. The summed E-state index contributed by atoms with van der Waals surface area (Å²) in [5.74, 6) is 0.0911. The van der Waals surface area contributed by atoms with Gasteiger partial charge in [-0.3, -0.25) is 9.65 Å². The first-order chi connectivity index (χ1) is 20.1. The summed E-state index contributed by atoms with van der Waals surface area (Å²) in [6.45, 7) is 1.19. The summed E-state index contributed by atoms with van der Waals surface area (Å²) in [5, 5.41) is 6.14. The average Bonchev–Trinajstić information content (AvgIpc) is 3.28. The van der Waals surface area contributed by atoms with E-state index in [2.05, 4.69) is 64.4 Å². The molecule has 1 fully saturated rings. The van der Waals surface area contributed by atoms with E-state index < -0.39 is 14.6 Å². The summed E-state index contributed by atoms with van der Waals surface area (Å²) in [6, 6.07) is 40.1. The van der Waals surface area contributed by atoms with Crippen LogP contribution >= 0.6 is 14.6 Å². The molecule has 41 heavy (non-hydrogen) atoms. The van der Waals surface area contributed by atoms with Crippen LogP contribution in [0, 0.1) is 5.92 Å². The first-order valence-electron chi connectivity index (χ1n) is 14.4. The predicted molar refractivity (Wildman–Crippen MR) is 171 cm³/mol. The van der Waals surface area contributed by atoms with Gasteiger partial charge >= 0.3 is 0 Å². The molecule has 1 N–H and O–H groups in total. The number of benzene rings is 4. The molecule has 208 valence electrons. The summed E-state index contributed by atoms with van der Waals surface area (Å²) in [4.78, 5) is 0. The van der Waals surface area contributed by atoms with Gasteiger partial charge in [-0.15, -0.1) is 0 Å². The van der Waals surface area contributed by atoms with E-state index in [0.717, 1.165) is 34.3 Å². The number of hydrogen-bond donors (Lipinski definition) is 1. The molecule has 1 aliphatic heterocycles. The molecule has 2 aliphatic rings. The molecule has 0 aromatic heterocycles. The van der Waals surface area contributed by atoms with Crippen LogP contribution in [0.5, 0.6) is 0 Å². The largest absolute Gasteiger partial charge is 0.301 e. The van der Waals surface area contributed by atoms with Crippen molar-refractivity contribution >= 4 is 25.2 Å². The molecule has 0 saturated carbocycles. The monoisotopic (exact) mass is 578 g/mol. The minimum Gasteiger partial charge on any atom is -0.301 e. The van der Waals surface area contributed by atoms with E-state index in [0.29, 0.717) is 19.3 Å². The highest BCUT2D eigenvalue weighted by Gasteiger charge is 2.52. The van der Waals surface area contributed by atoms with Gasteiger partial charge in [0, 0.05) is 41.1 Å². The Balaban J connectivity index is 1.30. The molecule has 1 heterocycles. The molecule has 1 saturated heterocycles. The Kier molecular flexibility index (Phi) is 8.37. The first-order valence-corrected chi connectivity index (χ1v) is 17.9. The van der Waals surface area contributed by atoms with E-state index in [1.807, 2.05) is 84.9 Å². The molecular formula is C35H36N2O2P2. The van der Waals surface area contributed by atoms with Gasteiger partial charge < -0.3 is 4.57 Å². The van der Waals surface area contributed by atoms with E-state index in [4.69, 9.17) is 0 Å². The van der Waals surface area contributed by atoms with Crippen molar-refractivity contribution in [3.8, 4) is 0 Å². The lowest BCUT2D eigenvalue weighted by atomic mass is 9.89. The number of hydrogen-bond acceptors (Lipinski definition) is 2. The number of nitrogens with one attached hydrogen (secondary N) is 1. The van der Waals surface area contributed by atoms with Gasteiger partial charge in [0.25, 0.3) is 0 Å². The summed E-state index contributed by atoms with van der Waals surface area (Å²) in [6.07, 6.45) is 8.74. The van der Waals surface area contributed by atoms with Gasteiger partial charge in [-0.25, -0.2) is 4.67 Å².